The predicted molar refractivity (Wildman–Crippen MR) is 75.2 cm³/mol. The van der Waals surface area contributed by atoms with Gasteiger partial charge in [-0.3, -0.25) is 4.79 Å². The van der Waals surface area contributed by atoms with Crippen molar-refractivity contribution >= 4 is 17.3 Å². The van der Waals surface area contributed by atoms with Gasteiger partial charge < -0.3 is 10.2 Å². The van der Waals surface area contributed by atoms with E-state index >= 15 is 0 Å². The van der Waals surface area contributed by atoms with E-state index in [4.69, 9.17) is 0 Å². The molecule has 2 atom stereocenters. The molecule has 2 aromatic rings. The van der Waals surface area contributed by atoms with Crippen LogP contribution >= 0.6 is 11.3 Å². The first-order valence-corrected chi connectivity index (χ1v) is 6.91. The van der Waals surface area contributed by atoms with Gasteiger partial charge in [0.2, 0.25) is 0 Å². The smallest absolute Gasteiger partial charge is 0.312 e. The van der Waals surface area contributed by atoms with Crippen LogP contribution < -0.4 is 0 Å². The minimum Gasteiger partial charge on any atom is -0.481 e. The van der Waals surface area contributed by atoms with Gasteiger partial charge in [-0.25, -0.2) is 0 Å². The van der Waals surface area contributed by atoms with Crippen molar-refractivity contribution in [3.63, 3.8) is 0 Å². The van der Waals surface area contributed by atoms with Gasteiger partial charge in [-0.2, -0.15) is 0 Å². The Morgan fingerprint density at radius 3 is 2.47 bits per heavy atom. The summed E-state index contributed by atoms with van der Waals surface area (Å²) in [4.78, 5) is 12.3. The van der Waals surface area contributed by atoms with Crippen molar-refractivity contribution in [2.75, 3.05) is 0 Å². The second-order valence-corrected chi connectivity index (χ2v) is 5.78. The monoisotopic (exact) mass is 276 g/mol. The first kappa shape index (κ1) is 13.8. The zero-order valence-electron chi connectivity index (χ0n) is 10.6. The standard InChI is InChI=1S/C15H16O3S/c1-15(14(17)18,10-11-6-3-2-4-7-11)13(16)12-8-5-9-19-12/h2-9,13,16H,10H2,1H3,(H,17,18). The molecular formula is C15H16O3S. The number of benzene rings is 1. The summed E-state index contributed by atoms with van der Waals surface area (Å²) in [6.07, 6.45) is -0.715. The van der Waals surface area contributed by atoms with Crippen LogP contribution in [0.3, 0.4) is 0 Å². The summed E-state index contributed by atoms with van der Waals surface area (Å²) in [5, 5.41) is 21.7. The molecule has 2 N–H and O–H groups in total. The fourth-order valence-electron chi connectivity index (χ4n) is 2.07. The highest BCUT2D eigenvalue weighted by Gasteiger charge is 2.42. The van der Waals surface area contributed by atoms with E-state index < -0.39 is 17.5 Å². The maximum absolute atomic E-state index is 11.6. The van der Waals surface area contributed by atoms with Crippen molar-refractivity contribution in [2.45, 2.75) is 19.4 Å². The number of hydrogen-bond donors (Lipinski definition) is 2. The first-order valence-electron chi connectivity index (χ1n) is 6.03. The molecule has 3 nitrogen and oxygen atoms in total. The summed E-state index contributed by atoms with van der Waals surface area (Å²) in [6, 6.07) is 13.0. The van der Waals surface area contributed by atoms with Gasteiger partial charge in [-0.1, -0.05) is 36.4 Å². The molecule has 100 valence electrons. The van der Waals surface area contributed by atoms with Crippen molar-refractivity contribution in [1.82, 2.24) is 0 Å². The fraction of sp³-hybridized carbons (Fsp3) is 0.267. The van der Waals surface area contributed by atoms with Crippen molar-refractivity contribution in [3.05, 3.63) is 58.3 Å². The number of aliphatic hydroxyl groups excluding tert-OH is 1. The largest absolute Gasteiger partial charge is 0.481 e. The van der Waals surface area contributed by atoms with Crippen LogP contribution in [0.1, 0.15) is 23.5 Å². The molecule has 2 rings (SSSR count). The number of hydrogen-bond acceptors (Lipinski definition) is 3. The molecule has 0 aliphatic carbocycles. The third-order valence-electron chi connectivity index (χ3n) is 3.32. The number of aliphatic carboxylic acids is 1. The van der Waals surface area contributed by atoms with Crippen LogP contribution in [0.2, 0.25) is 0 Å². The molecule has 1 heterocycles. The second kappa shape index (κ2) is 5.55. The van der Waals surface area contributed by atoms with E-state index in [1.54, 1.807) is 13.0 Å². The van der Waals surface area contributed by atoms with Gasteiger partial charge in [0, 0.05) is 4.88 Å². The topological polar surface area (TPSA) is 57.5 Å². The van der Waals surface area contributed by atoms with Crippen molar-refractivity contribution in [3.8, 4) is 0 Å². The summed E-state index contributed by atoms with van der Waals surface area (Å²) >= 11 is 1.37. The third-order valence-corrected chi connectivity index (χ3v) is 4.24. The van der Waals surface area contributed by atoms with Crippen LogP contribution in [0.5, 0.6) is 0 Å². The molecule has 0 radical (unpaired) electrons. The Bertz CT molecular complexity index is 536. The number of aliphatic hydroxyl groups is 1. The molecule has 1 aromatic heterocycles. The fourth-order valence-corrected chi connectivity index (χ4v) is 2.93. The summed E-state index contributed by atoms with van der Waals surface area (Å²) < 4.78 is 0. The van der Waals surface area contributed by atoms with Gasteiger partial charge in [-0.15, -0.1) is 11.3 Å². The molecule has 0 spiro atoms. The minimum absolute atomic E-state index is 0.294. The second-order valence-electron chi connectivity index (χ2n) is 4.80. The van der Waals surface area contributed by atoms with Gasteiger partial charge in [0.25, 0.3) is 0 Å². The van der Waals surface area contributed by atoms with Crippen LogP contribution in [-0.4, -0.2) is 16.2 Å². The molecule has 0 aliphatic rings. The average Bonchev–Trinajstić information content (AvgIpc) is 2.92. The van der Waals surface area contributed by atoms with E-state index in [0.29, 0.717) is 11.3 Å². The van der Waals surface area contributed by atoms with E-state index in [0.717, 1.165) is 5.56 Å². The van der Waals surface area contributed by atoms with Crippen molar-refractivity contribution in [1.29, 1.82) is 0 Å². The Kier molecular flexibility index (Phi) is 4.02. The molecule has 19 heavy (non-hydrogen) atoms. The number of carbonyl (C=O) groups is 1. The Labute approximate surface area is 116 Å². The van der Waals surface area contributed by atoms with E-state index in [1.807, 2.05) is 41.8 Å². The molecule has 0 aliphatic heterocycles. The third kappa shape index (κ3) is 2.85. The van der Waals surface area contributed by atoms with E-state index in [1.165, 1.54) is 11.3 Å². The lowest BCUT2D eigenvalue weighted by atomic mass is 9.78. The van der Waals surface area contributed by atoms with Gasteiger partial charge in [-0.05, 0) is 30.4 Å². The number of rotatable bonds is 5. The molecule has 0 saturated heterocycles. The molecule has 0 fully saturated rings. The van der Waals surface area contributed by atoms with Gasteiger partial charge in [0.15, 0.2) is 0 Å². The maximum atomic E-state index is 11.6. The predicted octanol–water partition coefficient (Wildman–Crippen LogP) is 3.12. The highest BCUT2D eigenvalue weighted by atomic mass is 32.1. The van der Waals surface area contributed by atoms with Crippen LogP contribution in [0.15, 0.2) is 47.8 Å². The lowest BCUT2D eigenvalue weighted by Gasteiger charge is -2.29. The SMILES string of the molecule is CC(Cc1ccccc1)(C(=O)O)C(O)c1cccs1. The van der Waals surface area contributed by atoms with Crippen LogP contribution in [-0.2, 0) is 11.2 Å². The zero-order chi connectivity index (χ0) is 13.9. The number of carboxylic acids is 1. The summed E-state index contributed by atoms with van der Waals surface area (Å²) in [5.74, 6) is -0.989. The van der Waals surface area contributed by atoms with E-state index in [9.17, 15) is 15.0 Å². The molecule has 2 unspecified atom stereocenters. The molecular weight excluding hydrogens is 260 g/mol. The summed E-state index contributed by atoms with van der Waals surface area (Å²) in [7, 11) is 0. The molecule has 0 saturated carbocycles. The number of thiophene rings is 1. The van der Waals surface area contributed by atoms with Crippen molar-refractivity contribution < 1.29 is 15.0 Å². The lowest BCUT2D eigenvalue weighted by Crippen LogP contribution is -2.36. The molecule has 0 bridgehead atoms. The summed E-state index contributed by atoms with van der Waals surface area (Å²) in [5.41, 5.74) is -0.324. The van der Waals surface area contributed by atoms with Gasteiger partial charge in [0.1, 0.15) is 6.10 Å². The number of carboxylic acid groups (broad SMARTS) is 1. The average molecular weight is 276 g/mol. The van der Waals surface area contributed by atoms with Crippen LogP contribution in [0.25, 0.3) is 0 Å². The molecule has 4 heteroatoms. The van der Waals surface area contributed by atoms with Gasteiger partial charge in [0.05, 0.1) is 5.41 Å². The molecule has 0 amide bonds. The Hall–Kier alpha value is -1.65. The van der Waals surface area contributed by atoms with Crippen LogP contribution in [0.4, 0.5) is 0 Å². The minimum atomic E-state index is -1.23. The Morgan fingerprint density at radius 2 is 1.95 bits per heavy atom. The van der Waals surface area contributed by atoms with E-state index in [2.05, 4.69) is 0 Å². The Balaban J connectivity index is 2.30. The molecule has 1 aromatic carbocycles. The van der Waals surface area contributed by atoms with Gasteiger partial charge >= 0.3 is 5.97 Å². The quantitative estimate of drug-likeness (QED) is 0.882. The Morgan fingerprint density at radius 1 is 1.26 bits per heavy atom. The van der Waals surface area contributed by atoms with Crippen molar-refractivity contribution in [2.24, 2.45) is 5.41 Å². The summed E-state index contributed by atoms with van der Waals surface area (Å²) in [6.45, 7) is 1.59. The highest BCUT2D eigenvalue weighted by Crippen LogP contribution is 2.39. The van der Waals surface area contributed by atoms with E-state index in [-0.39, 0.29) is 0 Å². The lowest BCUT2D eigenvalue weighted by molar-refractivity contribution is -0.155. The zero-order valence-corrected chi connectivity index (χ0v) is 11.4. The highest BCUT2D eigenvalue weighted by molar-refractivity contribution is 7.10. The maximum Gasteiger partial charge on any atom is 0.312 e. The van der Waals surface area contributed by atoms with Crippen LogP contribution in [0, 0.1) is 5.41 Å². The normalized spacial score (nSPS) is 15.7. The first-order chi connectivity index (χ1) is 9.04.